The van der Waals surface area contributed by atoms with Gasteiger partial charge in [-0.3, -0.25) is 0 Å². The Morgan fingerprint density at radius 3 is 2.22 bits per heavy atom. The third-order valence-corrected chi connectivity index (χ3v) is 3.25. The van der Waals surface area contributed by atoms with Gasteiger partial charge in [-0.1, -0.05) is 24.3 Å². The van der Waals surface area contributed by atoms with Crippen molar-refractivity contribution in [2.45, 2.75) is 13.1 Å². The monoisotopic (exact) mass is 246 g/mol. The highest BCUT2D eigenvalue weighted by atomic mass is 19.1. The Hall–Kier alpha value is -2.10. The summed E-state index contributed by atoms with van der Waals surface area (Å²) in [4.78, 5) is 1.88. The minimum Gasteiger partial charge on any atom is -0.395 e. The molecule has 0 saturated carbocycles. The highest BCUT2D eigenvalue weighted by molar-refractivity contribution is 5.69. The Bertz CT molecular complexity index is 586. The quantitative estimate of drug-likeness (QED) is 0.783. The Morgan fingerprint density at radius 2 is 1.61 bits per heavy atom. The number of nitrogen functional groups attached to an aromatic ring is 1. The summed E-state index contributed by atoms with van der Waals surface area (Å²) in [5.74, 6) is -1.31. The summed E-state index contributed by atoms with van der Waals surface area (Å²) < 4.78 is 26.7. The van der Waals surface area contributed by atoms with Crippen molar-refractivity contribution in [3.05, 3.63) is 59.2 Å². The van der Waals surface area contributed by atoms with Crippen LogP contribution >= 0.6 is 0 Å². The molecule has 0 amide bonds. The van der Waals surface area contributed by atoms with E-state index in [1.807, 2.05) is 29.2 Å². The lowest BCUT2D eigenvalue weighted by atomic mass is 10.1. The molecule has 0 spiro atoms. The molecule has 1 heterocycles. The van der Waals surface area contributed by atoms with Crippen LogP contribution in [0.5, 0.6) is 0 Å². The van der Waals surface area contributed by atoms with E-state index in [4.69, 9.17) is 5.73 Å². The van der Waals surface area contributed by atoms with E-state index < -0.39 is 11.6 Å². The third-order valence-electron chi connectivity index (χ3n) is 3.25. The molecule has 3 rings (SSSR count). The van der Waals surface area contributed by atoms with Gasteiger partial charge in [-0.15, -0.1) is 0 Å². The van der Waals surface area contributed by atoms with Gasteiger partial charge in [0.2, 0.25) is 0 Å². The van der Waals surface area contributed by atoms with Crippen molar-refractivity contribution in [2.75, 3.05) is 10.6 Å². The largest absolute Gasteiger partial charge is 0.395 e. The predicted octanol–water partition coefficient (Wildman–Crippen LogP) is 3.07. The second kappa shape index (κ2) is 3.98. The van der Waals surface area contributed by atoms with E-state index in [1.54, 1.807) is 0 Å². The number of hydrogen-bond acceptors (Lipinski definition) is 2. The molecule has 0 aliphatic carbocycles. The van der Waals surface area contributed by atoms with E-state index in [-0.39, 0.29) is 5.69 Å². The van der Waals surface area contributed by atoms with Gasteiger partial charge in [0.1, 0.15) is 5.82 Å². The highest BCUT2D eigenvalue weighted by Crippen LogP contribution is 2.33. The molecule has 2 nitrogen and oxygen atoms in total. The first-order valence-electron chi connectivity index (χ1n) is 5.71. The van der Waals surface area contributed by atoms with Crippen LogP contribution in [0.15, 0.2) is 36.4 Å². The van der Waals surface area contributed by atoms with Crippen LogP contribution in [0.25, 0.3) is 0 Å². The summed E-state index contributed by atoms with van der Waals surface area (Å²) >= 11 is 0. The fraction of sp³-hybridized carbons (Fsp3) is 0.143. The lowest BCUT2D eigenvalue weighted by Gasteiger charge is -2.20. The molecule has 4 heteroatoms. The van der Waals surface area contributed by atoms with E-state index in [1.165, 1.54) is 17.2 Å². The molecular weight excluding hydrogens is 234 g/mol. The molecule has 0 radical (unpaired) electrons. The Balaban J connectivity index is 2.00. The Kier molecular flexibility index (Phi) is 2.44. The topological polar surface area (TPSA) is 29.3 Å². The lowest BCUT2D eigenvalue weighted by Crippen LogP contribution is -2.17. The molecule has 0 saturated heterocycles. The minimum absolute atomic E-state index is 0.00389. The smallest absolute Gasteiger partial charge is 0.151 e. The predicted molar refractivity (Wildman–Crippen MR) is 67.1 cm³/mol. The first kappa shape index (κ1) is 11.0. The molecular formula is C14H12F2N2. The first-order valence-corrected chi connectivity index (χ1v) is 5.71. The van der Waals surface area contributed by atoms with Gasteiger partial charge < -0.3 is 10.6 Å². The normalized spacial score (nSPS) is 13.8. The van der Waals surface area contributed by atoms with Crippen LogP contribution in [0.3, 0.4) is 0 Å². The molecule has 0 aromatic heterocycles. The molecule has 0 unspecified atom stereocenters. The van der Waals surface area contributed by atoms with Crippen LogP contribution in [0, 0.1) is 11.6 Å². The van der Waals surface area contributed by atoms with Crippen molar-refractivity contribution in [1.29, 1.82) is 0 Å². The summed E-state index contributed by atoms with van der Waals surface area (Å²) in [6, 6.07) is 10.0. The maximum atomic E-state index is 13.4. The van der Waals surface area contributed by atoms with Crippen molar-refractivity contribution >= 4 is 11.4 Å². The van der Waals surface area contributed by atoms with E-state index in [9.17, 15) is 8.78 Å². The number of rotatable bonds is 1. The number of halogens is 2. The van der Waals surface area contributed by atoms with Gasteiger partial charge in [-0.2, -0.15) is 0 Å². The molecule has 92 valence electrons. The molecule has 2 aromatic rings. The van der Waals surface area contributed by atoms with Crippen molar-refractivity contribution in [1.82, 2.24) is 0 Å². The van der Waals surface area contributed by atoms with Gasteiger partial charge in [-0.25, -0.2) is 8.78 Å². The van der Waals surface area contributed by atoms with Gasteiger partial charge in [0.15, 0.2) is 5.82 Å². The molecule has 2 N–H and O–H groups in total. The average Bonchev–Trinajstić information content (AvgIpc) is 2.77. The Labute approximate surface area is 104 Å². The molecule has 0 bridgehead atoms. The van der Waals surface area contributed by atoms with Crippen molar-refractivity contribution in [3.8, 4) is 0 Å². The zero-order chi connectivity index (χ0) is 12.7. The maximum Gasteiger partial charge on any atom is 0.151 e. The average molecular weight is 246 g/mol. The molecule has 1 aliphatic heterocycles. The zero-order valence-electron chi connectivity index (χ0n) is 9.66. The van der Waals surface area contributed by atoms with Crippen LogP contribution in [0.2, 0.25) is 0 Å². The van der Waals surface area contributed by atoms with E-state index in [2.05, 4.69) is 0 Å². The van der Waals surface area contributed by atoms with Crippen LogP contribution in [-0.4, -0.2) is 0 Å². The number of nitrogens with zero attached hydrogens (tertiary/aromatic N) is 1. The second-order valence-electron chi connectivity index (χ2n) is 4.45. The third kappa shape index (κ3) is 1.70. The van der Waals surface area contributed by atoms with E-state index >= 15 is 0 Å². The van der Waals surface area contributed by atoms with Crippen LogP contribution < -0.4 is 10.6 Å². The standard InChI is InChI=1S/C14H12F2N2/c15-11-5-12(16)14(17)13(6-11)18-7-9-3-1-2-4-10(9)8-18/h1-6H,7-8,17H2. The second-order valence-corrected chi connectivity index (χ2v) is 4.45. The van der Waals surface area contributed by atoms with Gasteiger partial charge in [0, 0.05) is 19.2 Å². The van der Waals surface area contributed by atoms with Crippen LogP contribution in [0.4, 0.5) is 20.2 Å². The summed E-state index contributed by atoms with van der Waals surface area (Å²) in [5.41, 5.74) is 8.44. The molecule has 0 fully saturated rings. The summed E-state index contributed by atoms with van der Waals surface area (Å²) in [6.07, 6.45) is 0. The van der Waals surface area contributed by atoms with Gasteiger partial charge in [-0.05, 0) is 17.2 Å². The Morgan fingerprint density at radius 1 is 1.00 bits per heavy atom. The number of hydrogen-bond donors (Lipinski definition) is 1. The van der Waals surface area contributed by atoms with Crippen molar-refractivity contribution < 1.29 is 8.78 Å². The summed E-state index contributed by atoms with van der Waals surface area (Å²) in [5, 5.41) is 0. The first-order chi connectivity index (χ1) is 8.65. The zero-order valence-corrected chi connectivity index (χ0v) is 9.66. The highest BCUT2D eigenvalue weighted by Gasteiger charge is 2.22. The number of nitrogens with two attached hydrogens (primary N) is 1. The van der Waals surface area contributed by atoms with E-state index in [0.717, 1.165) is 6.07 Å². The molecule has 2 aromatic carbocycles. The molecule has 18 heavy (non-hydrogen) atoms. The minimum atomic E-state index is -0.707. The fourth-order valence-electron chi connectivity index (χ4n) is 2.34. The number of benzene rings is 2. The maximum absolute atomic E-state index is 13.4. The SMILES string of the molecule is Nc1c(F)cc(F)cc1N1Cc2ccccc2C1. The summed E-state index contributed by atoms with van der Waals surface area (Å²) in [6.45, 7) is 1.26. The van der Waals surface area contributed by atoms with Crippen LogP contribution in [0.1, 0.15) is 11.1 Å². The number of fused-ring (bicyclic) bond motifs is 1. The van der Waals surface area contributed by atoms with Gasteiger partial charge in [0.05, 0.1) is 11.4 Å². The number of anilines is 2. The van der Waals surface area contributed by atoms with E-state index in [0.29, 0.717) is 18.8 Å². The van der Waals surface area contributed by atoms with Crippen molar-refractivity contribution in [2.24, 2.45) is 0 Å². The molecule has 0 atom stereocenters. The van der Waals surface area contributed by atoms with Gasteiger partial charge in [0.25, 0.3) is 0 Å². The van der Waals surface area contributed by atoms with Crippen molar-refractivity contribution in [3.63, 3.8) is 0 Å². The fourth-order valence-corrected chi connectivity index (χ4v) is 2.34. The van der Waals surface area contributed by atoms with Gasteiger partial charge >= 0.3 is 0 Å². The molecule has 1 aliphatic rings. The summed E-state index contributed by atoms with van der Waals surface area (Å²) in [7, 11) is 0. The van der Waals surface area contributed by atoms with Crippen LogP contribution in [-0.2, 0) is 13.1 Å². The lowest BCUT2D eigenvalue weighted by molar-refractivity contribution is 0.585.